The van der Waals surface area contributed by atoms with E-state index in [1.807, 2.05) is 4.90 Å². The minimum Gasteiger partial charge on any atom is -0.350 e. The highest BCUT2D eigenvalue weighted by Gasteiger charge is 2.37. The predicted octanol–water partition coefficient (Wildman–Crippen LogP) is -0.978. The van der Waals surface area contributed by atoms with Crippen molar-refractivity contribution in [3.8, 4) is 0 Å². The number of rotatable bonds is 1. The second kappa shape index (κ2) is 4.24. The van der Waals surface area contributed by atoms with Crippen molar-refractivity contribution in [1.29, 1.82) is 0 Å². The molecule has 2 aliphatic rings. The number of fused-ring (bicyclic) bond motifs is 1. The Morgan fingerprint density at radius 1 is 1.22 bits per heavy atom. The maximum atomic E-state index is 11.7. The number of hydrogen-bond acceptors (Lipinski definition) is 5. The quantitative estimate of drug-likeness (QED) is 0.594. The van der Waals surface area contributed by atoms with Gasteiger partial charge in [0.15, 0.2) is 0 Å². The van der Waals surface area contributed by atoms with Gasteiger partial charge in [0.2, 0.25) is 5.82 Å². The van der Waals surface area contributed by atoms with Crippen molar-refractivity contribution in [2.24, 2.45) is 17.6 Å². The molecule has 0 spiro atoms. The highest BCUT2D eigenvalue weighted by molar-refractivity contribution is 5.36. The number of aromatic amines is 2. The summed E-state index contributed by atoms with van der Waals surface area (Å²) in [6, 6.07) is 0.285. The molecule has 98 valence electrons. The van der Waals surface area contributed by atoms with E-state index in [4.69, 9.17) is 5.73 Å². The van der Waals surface area contributed by atoms with Crippen LogP contribution in [0, 0.1) is 11.8 Å². The molecule has 7 heteroatoms. The molecule has 1 unspecified atom stereocenters. The Morgan fingerprint density at radius 2 is 2.00 bits per heavy atom. The molecule has 3 rings (SSSR count). The number of nitrogens with one attached hydrogen (secondary N) is 2. The molecule has 1 aromatic rings. The van der Waals surface area contributed by atoms with Gasteiger partial charge < -0.3 is 10.6 Å². The first-order valence-electron chi connectivity index (χ1n) is 6.33. The summed E-state index contributed by atoms with van der Waals surface area (Å²) in [6.45, 7) is 1.64. The summed E-state index contributed by atoms with van der Waals surface area (Å²) < 4.78 is 0. The number of nitrogens with zero attached hydrogens (tertiary/aromatic N) is 2. The number of H-pyrrole nitrogens is 2. The Morgan fingerprint density at radius 3 is 2.78 bits per heavy atom. The average Bonchev–Trinajstić information content (AvgIpc) is 2.71. The second-order valence-corrected chi connectivity index (χ2v) is 5.33. The fraction of sp³-hybridized carbons (Fsp3) is 0.727. The standard InChI is InChI=1S/C11H17N5O2/c12-8-2-1-6-4-16(5-7(6)3-8)9-10(17)13-11(18)15-14-9/h6-8H,1-5,12H2,(H2,13,15,17,18)/t6-,7+,8?/m1/s1. The number of aromatic nitrogens is 3. The second-order valence-electron chi connectivity index (χ2n) is 5.33. The van der Waals surface area contributed by atoms with Crippen molar-refractivity contribution in [2.45, 2.75) is 25.3 Å². The number of hydrogen-bond donors (Lipinski definition) is 3. The topological polar surface area (TPSA) is 108 Å². The van der Waals surface area contributed by atoms with Gasteiger partial charge in [0.05, 0.1) is 0 Å². The average molecular weight is 251 g/mol. The molecule has 0 aromatic carbocycles. The fourth-order valence-corrected chi connectivity index (χ4v) is 3.20. The van der Waals surface area contributed by atoms with E-state index in [-0.39, 0.29) is 6.04 Å². The Labute approximate surface area is 103 Å². The van der Waals surface area contributed by atoms with Crippen LogP contribution in [-0.2, 0) is 0 Å². The monoisotopic (exact) mass is 251 g/mol. The van der Waals surface area contributed by atoms with Gasteiger partial charge in [0, 0.05) is 19.1 Å². The van der Waals surface area contributed by atoms with E-state index >= 15 is 0 Å². The first kappa shape index (κ1) is 11.5. The lowest BCUT2D eigenvalue weighted by molar-refractivity contribution is 0.271. The molecule has 0 radical (unpaired) electrons. The summed E-state index contributed by atoms with van der Waals surface area (Å²) in [4.78, 5) is 26.8. The molecule has 1 aliphatic carbocycles. The highest BCUT2D eigenvalue weighted by Crippen LogP contribution is 2.36. The molecule has 18 heavy (non-hydrogen) atoms. The van der Waals surface area contributed by atoms with Gasteiger partial charge in [0.1, 0.15) is 0 Å². The van der Waals surface area contributed by atoms with Crippen LogP contribution >= 0.6 is 0 Å². The van der Waals surface area contributed by atoms with Crippen LogP contribution in [-0.4, -0.2) is 34.3 Å². The first-order chi connectivity index (χ1) is 8.63. The zero-order chi connectivity index (χ0) is 12.7. The first-order valence-corrected chi connectivity index (χ1v) is 6.33. The van der Waals surface area contributed by atoms with Crippen LogP contribution in [0.15, 0.2) is 9.59 Å². The van der Waals surface area contributed by atoms with Crippen LogP contribution in [0.2, 0.25) is 0 Å². The molecule has 1 aliphatic heterocycles. The Bertz CT molecular complexity index is 551. The van der Waals surface area contributed by atoms with E-state index in [1.165, 1.54) is 0 Å². The summed E-state index contributed by atoms with van der Waals surface area (Å²) in [5.41, 5.74) is 4.99. The number of anilines is 1. The molecule has 0 amide bonds. The van der Waals surface area contributed by atoms with E-state index in [0.29, 0.717) is 17.7 Å². The van der Waals surface area contributed by atoms with Crippen LogP contribution in [0.1, 0.15) is 19.3 Å². The summed E-state index contributed by atoms with van der Waals surface area (Å²) >= 11 is 0. The Kier molecular flexibility index (Phi) is 2.70. The molecule has 1 saturated carbocycles. The normalized spacial score (nSPS) is 31.4. The molecule has 3 atom stereocenters. The van der Waals surface area contributed by atoms with Gasteiger partial charge in [-0.1, -0.05) is 0 Å². The number of nitrogens with two attached hydrogens (primary N) is 1. The van der Waals surface area contributed by atoms with Crippen LogP contribution < -0.4 is 21.9 Å². The molecule has 0 bridgehead atoms. The van der Waals surface area contributed by atoms with Gasteiger partial charge in [-0.05, 0) is 31.1 Å². The third-order valence-electron chi connectivity index (χ3n) is 4.08. The lowest BCUT2D eigenvalue weighted by atomic mass is 9.79. The van der Waals surface area contributed by atoms with Gasteiger partial charge in [-0.25, -0.2) is 9.89 Å². The molecular formula is C11H17N5O2. The summed E-state index contributed by atoms with van der Waals surface area (Å²) in [7, 11) is 0. The Hall–Kier alpha value is -1.63. The maximum Gasteiger partial charge on any atom is 0.342 e. The van der Waals surface area contributed by atoms with Gasteiger partial charge in [0.25, 0.3) is 5.56 Å². The highest BCUT2D eigenvalue weighted by atomic mass is 16.2. The molecule has 2 heterocycles. The largest absolute Gasteiger partial charge is 0.350 e. The van der Waals surface area contributed by atoms with Crippen molar-refractivity contribution in [3.05, 3.63) is 20.8 Å². The molecule has 4 N–H and O–H groups in total. The van der Waals surface area contributed by atoms with Gasteiger partial charge >= 0.3 is 5.69 Å². The van der Waals surface area contributed by atoms with Crippen molar-refractivity contribution in [1.82, 2.24) is 15.2 Å². The SMILES string of the molecule is NC1CC[C@@H]2CN(c3n[nH]c(=O)[nH]c3=O)C[C@@H]2C1. The zero-order valence-corrected chi connectivity index (χ0v) is 10.1. The lowest BCUT2D eigenvalue weighted by Gasteiger charge is -2.27. The van der Waals surface area contributed by atoms with Crippen molar-refractivity contribution >= 4 is 5.82 Å². The van der Waals surface area contributed by atoms with E-state index in [9.17, 15) is 9.59 Å². The van der Waals surface area contributed by atoms with Crippen molar-refractivity contribution in [2.75, 3.05) is 18.0 Å². The van der Waals surface area contributed by atoms with E-state index < -0.39 is 11.2 Å². The summed E-state index contributed by atoms with van der Waals surface area (Å²) in [6.07, 6.45) is 3.19. The molecular weight excluding hydrogens is 234 g/mol. The van der Waals surface area contributed by atoms with E-state index in [1.54, 1.807) is 0 Å². The van der Waals surface area contributed by atoms with Crippen LogP contribution in [0.3, 0.4) is 0 Å². The maximum absolute atomic E-state index is 11.7. The molecule has 2 fully saturated rings. The minimum absolute atomic E-state index is 0.285. The summed E-state index contributed by atoms with van der Waals surface area (Å²) in [5.74, 6) is 1.46. The van der Waals surface area contributed by atoms with Crippen molar-refractivity contribution < 1.29 is 0 Å². The molecule has 1 saturated heterocycles. The van der Waals surface area contributed by atoms with Crippen LogP contribution in [0.4, 0.5) is 5.82 Å². The van der Waals surface area contributed by atoms with Gasteiger partial charge in [-0.15, -0.1) is 5.10 Å². The fourth-order valence-electron chi connectivity index (χ4n) is 3.20. The molecule has 1 aromatic heterocycles. The third kappa shape index (κ3) is 1.94. The lowest BCUT2D eigenvalue weighted by Crippen LogP contribution is -2.33. The molecule has 7 nitrogen and oxygen atoms in total. The van der Waals surface area contributed by atoms with Crippen molar-refractivity contribution in [3.63, 3.8) is 0 Å². The van der Waals surface area contributed by atoms with Gasteiger partial charge in [-0.2, -0.15) is 0 Å². The van der Waals surface area contributed by atoms with Crippen LogP contribution in [0.5, 0.6) is 0 Å². The predicted molar refractivity (Wildman–Crippen MR) is 66.5 cm³/mol. The zero-order valence-electron chi connectivity index (χ0n) is 10.1. The van der Waals surface area contributed by atoms with E-state index in [0.717, 1.165) is 32.4 Å². The van der Waals surface area contributed by atoms with Crippen LogP contribution in [0.25, 0.3) is 0 Å². The van der Waals surface area contributed by atoms with E-state index in [2.05, 4.69) is 15.2 Å². The Balaban J connectivity index is 1.83. The smallest absolute Gasteiger partial charge is 0.342 e. The minimum atomic E-state index is -0.567. The third-order valence-corrected chi connectivity index (χ3v) is 4.08. The van der Waals surface area contributed by atoms with Gasteiger partial charge in [-0.3, -0.25) is 9.78 Å². The summed E-state index contributed by atoms with van der Waals surface area (Å²) in [5, 5.41) is 6.13.